The number of methoxy groups -OCH3 is 1. The third kappa shape index (κ3) is 1.50. The van der Waals surface area contributed by atoms with E-state index < -0.39 is 0 Å². The second kappa shape index (κ2) is 3.75. The Morgan fingerprint density at radius 3 is 2.42 bits per heavy atom. The Labute approximate surface area is 74.9 Å². The average Bonchev–Trinajstić information content (AvgIpc) is 2.02. The summed E-state index contributed by atoms with van der Waals surface area (Å²) in [6.07, 6.45) is 7.33. The second-order valence-electron chi connectivity index (χ2n) is 4.02. The maximum absolute atomic E-state index is 5.52. The monoisotopic (exact) mass is 169 g/mol. The lowest BCUT2D eigenvalue weighted by atomic mass is 9.89. The number of nitrogens with zero attached hydrogens (tertiary/aromatic N) is 1. The van der Waals surface area contributed by atoms with Gasteiger partial charge in [0.15, 0.2) is 0 Å². The molecular formula is C10H19NO. The summed E-state index contributed by atoms with van der Waals surface area (Å²) in [5.74, 6) is 0. The fraction of sp³-hybridized carbons (Fsp3) is 1.00. The maximum Gasteiger partial charge on any atom is 0.0726 e. The highest BCUT2D eigenvalue weighted by Crippen LogP contribution is 2.27. The van der Waals surface area contributed by atoms with Crippen molar-refractivity contribution in [3.63, 3.8) is 0 Å². The van der Waals surface area contributed by atoms with Gasteiger partial charge in [0, 0.05) is 13.2 Å². The number of hydrogen-bond acceptors (Lipinski definition) is 2. The molecule has 2 unspecified atom stereocenters. The molecule has 0 N–H and O–H groups in total. The van der Waals surface area contributed by atoms with Gasteiger partial charge in [-0.25, -0.2) is 0 Å². The molecule has 0 aromatic rings. The Morgan fingerprint density at radius 2 is 1.83 bits per heavy atom. The first-order valence-electron chi connectivity index (χ1n) is 5.18. The predicted octanol–water partition coefficient (Wildman–Crippen LogP) is 1.65. The molecule has 2 nitrogen and oxygen atoms in total. The molecule has 2 fully saturated rings. The molecule has 1 saturated heterocycles. The van der Waals surface area contributed by atoms with Crippen molar-refractivity contribution in [1.29, 1.82) is 0 Å². The fourth-order valence-corrected chi connectivity index (χ4v) is 2.44. The van der Waals surface area contributed by atoms with Crippen LogP contribution in [0.1, 0.15) is 32.1 Å². The molecule has 1 saturated carbocycles. The Bertz CT molecular complexity index is 145. The van der Waals surface area contributed by atoms with E-state index in [0.29, 0.717) is 6.10 Å². The molecule has 1 heterocycles. The smallest absolute Gasteiger partial charge is 0.0726 e. The summed E-state index contributed by atoms with van der Waals surface area (Å²) in [4.78, 5) is 2.59. The van der Waals surface area contributed by atoms with E-state index in [1.165, 1.54) is 45.2 Å². The lowest BCUT2D eigenvalue weighted by molar-refractivity contribution is -0.0327. The lowest BCUT2D eigenvalue weighted by Crippen LogP contribution is -2.52. The molecule has 0 bridgehead atoms. The topological polar surface area (TPSA) is 12.5 Å². The Hall–Kier alpha value is -0.0800. The highest BCUT2D eigenvalue weighted by Gasteiger charge is 2.32. The van der Waals surface area contributed by atoms with Crippen molar-refractivity contribution in [2.75, 3.05) is 20.2 Å². The van der Waals surface area contributed by atoms with Crippen molar-refractivity contribution < 1.29 is 4.74 Å². The van der Waals surface area contributed by atoms with Crippen molar-refractivity contribution in [2.24, 2.45) is 0 Å². The first-order chi connectivity index (χ1) is 5.92. The van der Waals surface area contributed by atoms with Gasteiger partial charge < -0.3 is 4.74 Å². The van der Waals surface area contributed by atoms with E-state index in [0.717, 1.165) is 6.04 Å². The third-order valence-corrected chi connectivity index (χ3v) is 3.33. The largest absolute Gasteiger partial charge is 0.380 e. The minimum absolute atomic E-state index is 0.527. The van der Waals surface area contributed by atoms with Crippen LogP contribution in [0.4, 0.5) is 0 Å². The molecule has 0 radical (unpaired) electrons. The van der Waals surface area contributed by atoms with Crippen LogP contribution in [0.25, 0.3) is 0 Å². The van der Waals surface area contributed by atoms with E-state index in [1.54, 1.807) is 0 Å². The van der Waals surface area contributed by atoms with E-state index in [2.05, 4.69) is 4.90 Å². The molecule has 0 aromatic heterocycles. The van der Waals surface area contributed by atoms with Gasteiger partial charge in [0.2, 0.25) is 0 Å². The van der Waals surface area contributed by atoms with Crippen LogP contribution in [0.5, 0.6) is 0 Å². The zero-order chi connectivity index (χ0) is 8.39. The fourth-order valence-electron chi connectivity index (χ4n) is 2.44. The molecule has 2 atom stereocenters. The molecule has 70 valence electrons. The summed E-state index contributed by atoms with van der Waals surface area (Å²) in [7, 11) is 1.86. The van der Waals surface area contributed by atoms with Gasteiger partial charge in [-0.15, -0.1) is 0 Å². The molecule has 2 aliphatic rings. The van der Waals surface area contributed by atoms with Gasteiger partial charge in [-0.05, 0) is 32.4 Å². The first kappa shape index (κ1) is 8.52. The molecule has 2 rings (SSSR count). The zero-order valence-corrected chi connectivity index (χ0v) is 7.96. The van der Waals surface area contributed by atoms with Gasteiger partial charge in [0.05, 0.1) is 6.10 Å². The Balaban J connectivity index is 1.90. The first-order valence-corrected chi connectivity index (χ1v) is 5.18. The summed E-state index contributed by atoms with van der Waals surface area (Å²) in [5, 5.41) is 0. The van der Waals surface area contributed by atoms with E-state index in [-0.39, 0.29) is 0 Å². The Kier molecular flexibility index (Phi) is 2.66. The van der Waals surface area contributed by atoms with Gasteiger partial charge in [-0.1, -0.05) is 12.8 Å². The third-order valence-electron chi connectivity index (χ3n) is 3.33. The highest BCUT2D eigenvalue weighted by atomic mass is 16.5. The number of rotatable bonds is 2. The number of ether oxygens (including phenoxy) is 1. The van der Waals surface area contributed by atoms with Crippen LogP contribution in [0, 0.1) is 0 Å². The summed E-state index contributed by atoms with van der Waals surface area (Å²) in [6.45, 7) is 2.62. The molecule has 0 spiro atoms. The second-order valence-corrected chi connectivity index (χ2v) is 4.02. The van der Waals surface area contributed by atoms with E-state index >= 15 is 0 Å². The molecular weight excluding hydrogens is 150 g/mol. The molecule has 0 amide bonds. The normalized spacial score (nSPS) is 37.8. The number of likely N-dealkylation sites (tertiary alicyclic amines) is 1. The van der Waals surface area contributed by atoms with E-state index in [1.807, 2.05) is 7.11 Å². The molecule has 0 aromatic carbocycles. The van der Waals surface area contributed by atoms with E-state index in [4.69, 9.17) is 4.74 Å². The van der Waals surface area contributed by atoms with Crippen LogP contribution in [-0.2, 0) is 4.74 Å². The zero-order valence-electron chi connectivity index (χ0n) is 7.96. The molecule has 12 heavy (non-hydrogen) atoms. The van der Waals surface area contributed by atoms with Crippen LogP contribution in [-0.4, -0.2) is 37.2 Å². The van der Waals surface area contributed by atoms with Crippen molar-refractivity contribution in [3.05, 3.63) is 0 Å². The van der Waals surface area contributed by atoms with Crippen LogP contribution in [0.2, 0.25) is 0 Å². The summed E-state index contributed by atoms with van der Waals surface area (Å²) in [5.41, 5.74) is 0. The highest BCUT2D eigenvalue weighted by molar-refractivity contribution is 4.87. The quantitative estimate of drug-likeness (QED) is 0.623. The van der Waals surface area contributed by atoms with Crippen molar-refractivity contribution in [3.8, 4) is 0 Å². The lowest BCUT2D eigenvalue weighted by Gasteiger charge is -2.44. The van der Waals surface area contributed by atoms with Crippen LogP contribution in [0.3, 0.4) is 0 Å². The number of hydrogen-bond donors (Lipinski definition) is 0. The van der Waals surface area contributed by atoms with Crippen molar-refractivity contribution >= 4 is 0 Å². The van der Waals surface area contributed by atoms with E-state index in [9.17, 15) is 0 Å². The van der Waals surface area contributed by atoms with Gasteiger partial charge in [0.1, 0.15) is 0 Å². The minimum atomic E-state index is 0.527. The Morgan fingerprint density at radius 1 is 1.08 bits per heavy atom. The van der Waals surface area contributed by atoms with Gasteiger partial charge >= 0.3 is 0 Å². The van der Waals surface area contributed by atoms with Crippen molar-refractivity contribution in [2.45, 2.75) is 44.2 Å². The SMILES string of the molecule is COC1CCCCC1N1CCC1. The summed E-state index contributed by atoms with van der Waals surface area (Å²) in [6, 6.07) is 0.748. The maximum atomic E-state index is 5.52. The van der Waals surface area contributed by atoms with Gasteiger partial charge in [0.25, 0.3) is 0 Å². The molecule has 1 aliphatic heterocycles. The molecule has 1 aliphatic carbocycles. The van der Waals surface area contributed by atoms with Crippen LogP contribution in [0.15, 0.2) is 0 Å². The summed E-state index contributed by atoms with van der Waals surface area (Å²) < 4.78 is 5.52. The van der Waals surface area contributed by atoms with Gasteiger partial charge in [-0.2, -0.15) is 0 Å². The van der Waals surface area contributed by atoms with Crippen LogP contribution < -0.4 is 0 Å². The van der Waals surface area contributed by atoms with Gasteiger partial charge in [-0.3, -0.25) is 4.90 Å². The van der Waals surface area contributed by atoms with Crippen LogP contribution >= 0.6 is 0 Å². The average molecular weight is 169 g/mol. The van der Waals surface area contributed by atoms with Crippen molar-refractivity contribution in [1.82, 2.24) is 4.90 Å². The molecule has 2 heteroatoms. The predicted molar refractivity (Wildman–Crippen MR) is 49.2 cm³/mol. The minimum Gasteiger partial charge on any atom is -0.380 e. The summed E-state index contributed by atoms with van der Waals surface area (Å²) >= 11 is 0. The standard InChI is InChI=1S/C10H19NO/c1-12-10-6-3-2-5-9(10)11-7-4-8-11/h9-10H,2-8H2,1H3.